The molecule has 1 heterocycles. The minimum absolute atomic E-state index is 0.531. The van der Waals surface area contributed by atoms with Gasteiger partial charge in [0, 0.05) is 10.6 Å². The predicted octanol–water partition coefficient (Wildman–Crippen LogP) is 5.34. The van der Waals surface area contributed by atoms with Gasteiger partial charge in [0.1, 0.15) is 0 Å². The van der Waals surface area contributed by atoms with E-state index < -0.39 is 6.10 Å². The highest BCUT2D eigenvalue weighted by Crippen LogP contribution is 2.29. The first kappa shape index (κ1) is 17.4. The number of nitrogens with zero attached hydrogens (tertiary/aromatic N) is 1. The lowest BCUT2D eigenvalue weighted by molar-refractivity contribution is 0.200. The zero-order chi connectivity index (χ0) is 18.8. The van der Waals surface area contributed by atoms with Crippen molar-refractivity contribution in [3.05, 3.63) is 88.7 Å². The Kier molecular flexibility index (Phi) is 4.68. The second kappa shape index (κ2) is 7.28. The number of fused-ring (bicyclic) bond motifs is 1. The molecule has 27 heavy (non-hydrogen) atoms. The summed E-state index contributed by atoms with van der Waals surface area (Å²) in [5, 5.41) is 10.7. The SMILES string of the molecule is CC(O)c1ccccc1-c1ccc2[nH]c(C#Cc3ccc(Cl)cc3)nc2c1. The first-order chi connectivity index (χ1) is 13.1. The molecular formula is C23H17ClN2O. The lowest BCUT2D eigenvalue weighted by atomic mass is 9.96. The molecule has 0 spiro atoms. The molecule has 0 bridgehead atoms. The third-order valence-electron chi connectivity index (χ3n) is 4.37. The van der Waals surface area contributed by atoms with E-state index in [2.05, 4.69) is 21.8 Å². The van der Waals surface area contributed by atoms with Crippen LogP contribution in [0.1, 0.15) is 30.0 Å². The van der Waals surface area contributed by atoms with Crippen LogP contribution in [-0.4, -0.2) is 15.1 Å². The number of aliphatic hydroxyl groups excluding tert-OH is 1. The number of imidazole rings is 1. The minimum atomic E-state index is -0.531. The van der Waals surface area contributed by atoms with Gasteiger partial charge in [0.15, 0.2) is 5.82 Å². The average Bonchev–Trinajstić information content (AvgIpc) is 3.09. The normalized spacial score (nSPS) is 11.8. The van der Waals surface area contributed by atoms with E-state index in [-0.39, 0.29) is 0 Å². The molecule has 0 aliphatic rings. The van der Waals surface area contributed by atoms with Crippen LogP contribution in [0.2, 0.25) is 5.02 Å². The topological polar surface area (TPSA) is 48.9 Å². The number of hydrogen-bond acceptors (Lipinski definition) is 2. The van der Waals surface area contributed by atoms with E-state index >= 15 is 0 Å². The highest BCUT2D eigenvalue weighted by molar-refractivity contribution is 6.30. The summed E-state index contributed by atoms with van der Waals surface area (Å²) in [6.45, 7) is 1.77. The van der Waals surface area contributed by atoms with Crippen LogP contribution < -0.4 is 0 Å². The van der Waals surface area contributed by atoms with Crippen molar-refractivity contribution in [3.8, 4) is 23.0 Å². The molecule has 0 amide bonds. The summed E-state index contributed by atoms with van der Waals surface area (Å²) in [5.74, 6) is 6.75. The second-order valence-corrected chi connectivity index (χ2v) is 6.77. The number of nitrogens with one attached hydrogen (secondary N) is 1. The molecule has 0 fully saturated rings. The van der Waals surface area contributed by atoms with Crippen molar-refractivity contribution >= 4 is 22.6 Å². The van der Waals surface area contributed by atoms with Crippen LogP contribution in [0.3, 0.4) is 0 Å². The number of rotatable bonds is 2. The van der Waals surface area contributed by atoms with E-state index in [0.717, 1.165) is 33.3 Å². The highest BCUT2D eigenvalue weighted by atomic mass is 35.5. The van der Waals surface area contributed by atoms with Gasteiger partial charge in [-0.3, -0.25) is 0 Å². The molecule has 0 saturated carbocycles. The smallest absolute Gasteiger partial charge is 0.184 e. The molecule has 4 aromatic rings. The Morgan fingerprint density at radius 3 is 2.56 bits per heavy atom. The van der Waals surface area contributed by atoms with Crippen molar-refractivity contribution in [2.75, 3.05) is 0 Å². The predicted molar refractivity (Wildman–Crippen MR) is 110 cm³/mol. The molecule has 1 atom stereocenters. The third-order valence-corrected chi connectivity index (χ3v) is 4.63. The van der Waals surface area contributed by atoms with Crippen molar-refractivity contribution in [1.82, 2.24) is 9.97 Å². The molecule has 1 unspecified atom stereocenters. The van der Waals surface area contributed by atoms with Crippen LogP contribution in [0, 0.1) is 11.8 Å². The fourth-order valence-corrected chi connectivity index (χ4v) is 3.15. The first-order valence-corrected chi connectivity index (χ1v) is 9.03. The van der Waals surface area contributed by atoms with Crippen LogP contribution in [0.4, 0.5) is 0 Å². The highest BCUT2D eigenvalue weighted by Gasteiger charge is 2.10. The number of aliphatic hydroxyl groups is 1. The summed E-state index contributed by atoms with van der Waals surface area (Å²) in [5.41, 5.74) is 5.57. The summed E-state index contributed by atoms with van der Waals surface area (Å²) in [7, 11) is 0. The zero-order valence-electron chi connectivity index (χ0n) is 14.7. The van der Waals surface area contributed by atoms with E-state index in [9.17, 15) is 5.11 Å². The summed E-state index contributed by atoms with van der Waals surface area (Å²) in [6.07, 6.45) is -0.531. The molecule has 0 radical (unpaired) electrons. The van der Waals surface area contributed by atoms with Crippen molar-refractivity contribution < 1.29 is 5.11 Å². The number of aromatic amines is 1. The molecule has 3 nitrogen and oxygen atoms in total. The van der Waals surface area contributed by atoms with Gasteiger partial charge in [-0.15, -0.1) is 0 Å². The van der Waals surface area contributed by atoms with Gasteiger partial charge in [-0.1, -0.05) is 47.9 Å². The van der Waals surface area contributed by atoms with Gasteiger partial charge in [-0.05, 0) is 65.9 Å². The van der Waals surface area contributed by atoms with Crippen molar-refractivity contribution in [2.24, 2.45) is 0 Å². The monoisotopic (exact) mass is 372 g/mol. The Bertz CT molecular complexity index is 1160. The molecule has 3 aromatic carbocycles. The number of aromatic nitrogens is 2. The molecule has 4 heteroatoms. The molecule has 1 aromatic heterocycles. The molecule has 2 N–H and O–H groups in total. The fraction of sp³-hybridized carbons (Fsp3) is 0.0870. The fourth-order valence-electron chi connectivity index (χ4n) is 3.02. The summed E-state index contributed by atoms with van der Waals surface area (Å²) >= 11 is 5.90. The van der Waals surface area contributed by atoms with Gasteiger partial charge in [0.2, 0.25) is 0 Å². The summed E-state index contributed by atoms with van der Waals surface area (Å²) < 4.78 is 0. The first-order valence-electron chi connectivity index (χ1n) is 8.65. The summed E-state index contributed by atoms with van der Waals surface area (Å²) in [6, 6.07) is 21.3. The zero-order valence-corrected chi connectivity index (χ0v) is 15.5. The maximum atomic E-state index is 10.0. The summed E-state index contributed by atoms with van der Waals surface area (Å²) in [4.78, 5) is 7.82. The Labute approximate surface area is 162 Å². The van der Waals surface area contributed by atoms with Gasteiger partial charge < -0.3 is 10.1 Å². The van der Waals surface area contributed by atoms with Gasteiger partial charge in [-0.2, -0.15) is 0 Å². The van der Waals surface area contributed by atoms with Crippen LogP contribution in [0.5, 0.6) is 0 Å². The molecule has 0 saturated heterocycles. The molecule has 132 valence electrons. The third kappa shape index (κ3) is 3.73. The second-order valence-electron chi connectivity index (χ2n) is 6.34. The lowest BCUT2D eigenvalue weighted by Gasteiger charge is -2.11. The van der Waals surface area contributed by atoms with Crippen LogP contribution >= 0.6 is 11.6 Å². The van der Waals surface area contributed by atoms with Crippen LogP contribution in [0.25, 0.3) is 22.2 Å². The van der Waals surface area contributed by atoms with Gasteiger partial charge in [0.25, 0.3) is 0 Å². The Balaban J connectivity index is 1.70. The van der Waals surface area contributed by atoms with E-state index in [0.29, 0.717) is 10.8 Å². The Hall–Kier alpha value is -3.06. The van der Waals surface area contributed by atoms with Gasteiger partial charge >= 0.3 is 0 Å². The average molecular weight is 373 g/mol. The standard InChI is InChI=1S/C23H17ClN2O/c1-15(27)19-4-2-3-5-20(19)17-9-12-21-22(14-17)26-23(25-21)13-8-16-6-10-18(24)11-7-16/h2-7,9-12,14-15,27H,1H3,(H,25,26). The Morgan fingerprint density at radius 1 is 1.00 bits per heavy atom. The minimum Gasteiger partial charge on any atom is -0.389 e. The number of H-pyrrole nitrogens is 1. The maximum absolute atomic E-state index is 10.0. The van der Waals surface area contributed by atoms with Crippen LogP contribution in [-0.2, 0) is 0 Å². The van der Waals surface area contributed by atoms with E-state index in [1.54, 1.807) is 6.92 Å². The maximum Gasteiger partial charge on any atom is 0.184 e. The molecule has 0 aliphatic heterocycles. The molecule has 4 rings (SSSR count). The molecule has 0 aliphatic carbocycles. The quantitative estimate of drug-likeness (QED) is 0.467. The van der Waals surface area contributed by atoms with E-state index in [1.807, 2.05) is 66.7 Å². The van der Waals surface area contributed by atoms with Crippen molar-refractivity contribution in [1.29, 1.82) is 0 Å². The largest absolute Gasteiger partial charge is 0.389 e. The Morgan fingerprint density at radius 2 is 1.78 bits per heavy atom. The lowest BCUT2D eigenvalue weighted by Crippen LogP contribution is -1.94. The van der Waals surface area contributed by atoms with Gasteiger partial charge in [-0.25, -0.2) is 4.98 Å². The number of halogens is 1. The van der Waals surface area contributed by atoms with E-state index in [4.69, 9.17) is 11.6 Å². The van der Waals surface area contributed by atoms with Crippen molar-refractivity contribution in [3.63, 3.8) is 0 Å². The number of benzene rings is 3. The number of hydrogen-bond donors (Lipinski definition) is 2. The van der Waals surface area contributed by atoms with E-state index in [1.165, 1.54) is 0 Å². The van der Waals surface area contributed by atoms with Gasteiger partial charge in [0.05, 0.1) is 17.1 Å². The van der Waals surface area contributed by atoms with Crippen molar-refractivity contribution in [2.45, 2.75) is 13.0 Å². The van der Waals surface area contributed by atoms with Crippen LogP contribution in [0.15, 0.2) is 66.7 Å². The molecular weight excluding hydrogens is 356 g/mol.